The fourth-order valence-corrected chi connectivity index (χ4v) is 2.69. The Balaban J connectivity index is 1.48. The van der Waals surface area contributed by atoms with Crippen LogP contribution >= 0.6 is 0 Å². The molecule has 0 unspecified atom stereocenters. The molecule has 0 aromatic carbocycles. The van der Waals surface area contributed by atoms with Gasteiger partial charge in [-0.05, 0) is 55.7 Å². The summed E-state index contributed by atoms with van der Waals surface area (Å²) in [4.78, 5) is 16.3. The minimum absolute atomic E-state index is 0.612. The number of ether oxygens (including phenoxy) is 1. The topological polar surface area (TPSA) is 62.7 Å². The van der Waals surface area contributed by atoms with E-state index < -0.39 is 6.09 Å². The Labute approximate surface area is 125 Å². The second-order valence-electron chi connectivity index (χ2n) is 5.57. The highest BCUT2D eigenvalue weighted by molar-refractivity contribution is 5.64. The molecule has 1 aliphatic rings. The average molecular weight is 292 g/mol. The fraction of sp³-hybridized carbons (Fsp3) is 0.625. The van der Waals surface area contributed by atoms with E-state index in [1.807, 2.05) is 24.5 Å². The van der Waals surface area contributed by atoms with Gasteiger partial charge in [0.15, 0.2) is 0 Å². The molecule has 5 heteroatoms. The maximum Gasteiger partial charge on any atom is 0.407 e. The van der Waals surface area contributed by atoms with Gasteiger partial charge in [0.25, 0.3) is 0 Å². The maximum atomic E-state index is 10.8. The van der Waals surface area contributed by atoms with Gasteiger partial charge in [-0.25, -0.2) is 4.79 Å². The highest BCUT2D eigenvalue weighted by Gasteiger charge is 2.21. The van der Waals surface area contributed by atoms with Crippen molar-refractivity contribution >= 4 is 6.09 Å². The molecule has 1 N–H and O–H groups in total. The summed E-state index contributed by atoms with van der Waals surface area (Å²) in [7, 11) is 0. The van der Waals surface area contributed by atoms with Crippen LogP contribution in [0.5, 0.6) is 0 Å². The first-order valence-electron chi connectivity index (χ1n) is 7.70. The number of nitrogens with zero attached hydrogens (tertiary/aromatic N) is 2. The van der Waals surface area contributed by atoms with Crippen LogP contribution in [0, 0.1) is 5.92 Å². The van der Waals surface area contributed by atoms with E-state index in [1.54, 1.807) is 0 Å². The Kier molecular flexibility index (Phi) is 6.47. The third-order valence-electron chi connectivity index (χ3n) is 4.06. The van der Waals surface area contributed by atoms with Gasteiger partial charge in [0.1, 0.15) is 0 Å². The Hall–Kier alpha value is -1.62. The smallest absolute Gasteiger partial charge is 0.407 e. The molecule has 0 aliphatic carbocycles. The van der Waals surface area contributed by atoms with Gasteiger partial charge in [0.2, 0.25) is 0 Å². The number of aryl methyl sites for hydroxylation is 1. The second-order valence-corrected chi connectivity index (χ2v) is 5.57. The molecule has 1 aromatic heterocycles. The predicted octanol–water partition coefficient (Wildman–Crippen LogP) is 2.81. The van der Waals surface area contributed by atoms with E-state index in [0.29, 0.717) is 19.0 Å². The molecule has 2 heterocycles. The second kappa shape index (κ2) is 8.62. The number of aromatic nitrogens is 1. The lowest BCUT2D eigenvalue weighted by atomic mass is 9.94. The number of carbonyl (C=O) groups is 1. The molecule has 1 aromatic rings. The molecule has 1 amide bonds. The van der Waals surface area contributed by atoms with E-state index in [9.17, 15) is 4.79 Å². The Morgan fingerprint density at radius 1 is 1.29 bits per heavy atom. The van der Waals surface area contributed by atoms with Gasteiger partial charge < -0.3 is 14.7 Å². The van der Waals surface area contributed by atoms with E-state index in [1.165, 1.54) is 10.5 Å². The summed E-state index contributed by atoms with van der Waals surface area (Å²) in [6.07, 6.45) is 7.88. The van der Waals surface area contributed by atoms with Gasteiger partial charge in [-0.1, -0.05) is 0 Å². The molecule has 0 spiro atoms. The number of hydrogen-bond acceptors (Lipinski definition) is 3. The monoisotopic (exact) mass is 292 g/mol. The summed E-state index contributed by atoms with van der Waals surface area (Å²) >= 11 is 0. The molecule has 0 radical (unpaired) electrons. The van der Waals surface area contributed by atoms with E-state index in [2.05, 4.69) is 4.98 Å². The van der Waals surface area contributed by atoms with E-state index in [-0.39, 0.29) is 0 Å². The zero-order valence-electron chi connectivity index (χ0n) is 12.4. The molecule has 0 atom stereocenters. The number of piperidine rings is 1. The summed E-state index contributed by atoms with van der Waals surface area (Å²) in [5.41, 5.74) is 1.30. The molecule has 0 saturated carbocycles. The Morgan fingerprint density at radius 2 is 2.00 bits per heavy atom. The number of pyridine rings is 1. The van der Waals surface area contributed by atoms with Gasteiger partial charge in [-0.3, -0.25) is 4.98 Å². The quantitative estimate of drug-likeness (QED) is 0.785. The van der Waals surface area contributed by atoms with Crippen molar-refractivity contribution in [3.05, 3.63) is 30.1 Å². The standard InChI is InChI=1S/C16H24N2O3/c19-16(20)18-10-5-15(6-11-18)7-13-21-12-1-2-14-3-8-17-9-4-14/h3-4,8-9,15H,1-2,5-7,10-13H2,(H,19,20). The van der Waals surface area contributed by atoms with Crippen LogP contribution in [0.25, 0.3) is 0 Å². The van der Waals surface area contributed by atoms with Crippen molar-refractivity contribution in [3.63, 3.8) is 0 Å². The summed E-state index contributed by atoms with van der Waals surface area (Å²) in [5, 5.41) is 8.89. The first kappa shape index (κ1) is 15.8. The number of likely N-dealkylation sites (tertiary alicyclic amines) is 1. The summed E-state index contributed by atoms with van der Waals surface area (Å²) in [6.45, 7) is 2.91. The predicted molar refractivity (Wildman–Crippen MR) is 80.3 cm³/mol. The van der Waals surface area contributed by atoms with Crippen molar-refractivity contribution in [1.82, 2.24) is 9.88 Å². The van der Waals surface area contributed by atoms with Crippen LogP contribution in [0.2, 0.25) is 0 Å². The fourth-order valence-electron chi connectivity index (χ4n) is 2.69. The lowest BCUT2D eigenvalue weighted by molar-refractivity contribution is 0.0945. The number of rotatable bonds is 7. The maximum absolute atomic E-state index is 10.8. The molecule has 21 heavy (non-hydrogen) atoms. The number of amides is 1. The lowest BCUT2D eigenvalue weighted by Crippen LogP contribution is -2.37. The van der Waals surface area contributed by atoms with Crippen molar-refractivity contribution in [1.29, 1.82) is 0 Å². The van der Waals surface area contributed by atoms with Crippen LogP contribution < -0.4 is 0 Å². The molecular formula is C16H24N2O3. The van der Waals surface area contributed by atoms with Gasteiger partial charge in [-0.15, -0.1) is 0 Å². The van der Waals surface area contributed by atoms with Crippen molar-refractivity contribution in [2.45, 2.75) is 32.1 Å². The van der Waals surface area contributed by atoms with Gasteiger partial charge in [0, 0.05) is 38.7 Å². The molecule has 1 aliphatic heterocycles. The summed E-state index contributed by atoms with van der Waals surface area (Å²) in [5.74, 6) is 0.612. The van der Waals surface area contributed by atoms with Crippen molar-refractivity contribution in [2.24, 2.45) is 5.92 Å². The minimum atomic E-state index is -0.791. The highest BCUT2D eigenvalue weighted by atomic mass is 16.5. The molecule has 5 nitrogen and oxygen atoms in total. The molecule has 116 valence electrons. The zero-order chi connectivity index (χ0) is 14.9. The molecule has 1 fully saturated rings. The van der Waals surface area contributed by atoms with Crippen LogP contribution in [0.4, 0.5) is 4.79 Å². The SMILES string of the molecule is O=C(O)N1CCC(CCOCCCc2ccncc2)CC1. The largest absolute Gasteiger partial charge is 0.465 e. The van der Waals surface area contributed by atoms with Crippen LogP contribution in [-0.2, 0) is 11.2 Å². The lowest BCUT2D eigenvalue weighted by Gasteiger charge is -2.29. The molecule has 2 rings (SSSR count). The number of carboxylic acid groups (broad SMARTS) is 1. The van der Waals surface area contributed by atoms with Crippen molar-refractivity contribution < 1.29 is 14.6 Å². The third-order valence-corrected chi connectivity index (χ3v) is 4.06. The van der Waals surface area contributed by atoms with Crippen LogP contribution in [0.1, 0.15) is 31.2 Å². The van der Waals surface area contributed by atoms with Crippen LogP contribution in [-0.4, -0.2) is 47.4 Å². The average Bonchev–Trinajstić information content (AvgIpc) is 2.52. The Bertz CT molecular complexity index is 417. The Morgan fingerprint density at radius 3 is 2.67 bits per heavy atom. The van der Waals surface area contributed by atoms with E-state index >= 15 is 0 Å². The van der Waals surface area contributed by atoms with Crippen molar-refractivity contribution in [3.8, 4) is 0 Å². The normalized spacial score (nSPS) is 16.1. The van der Waals surface area contributed by atoms with E-state index in [0.717, 1.165) is 45.3 Å². The first-order chi connectivity index (χ1) is 10.3. The molecular weight excluding hydrogens is 268 g/mol. The minimum Gasteiger partial charge on any atom is -0.465 e. The van der Waals surface area contributed by atoms with Crippen molar-refractivity contribution in [2.75, 3.05) is 26.3 Å². The summed E-state index contributed by atoms with van der Waals surface area (Å²) < 4.78 is 5.69. The summed E-state index contributed by atoms with van der Waals surface area (Å²) in [6, 6.07) is 4.08. The molecule has 0 bridgehead atoms. The van der Waals surface area contributed by atoms with Gasteiger partial charge in [0.05, 0.1) is 0 Å². The number of hydrogen-bond donors (Lipinski definition) is 1. The first-order valence-corrected chi connectivity index (χ1v) is 7.70. The third kappa shape index (κ3) is 5.71. The zero-order valence-corrected chi connectivity index (χ0v) is 12.4. The van der Waals surface area contributed by atoms with E-state index in [4.69, 9.17) is 9.84 Å². The van der Waals surface area contributed by atoms with Gasteiger partial charge >= 0.3 is 6.09 Å². The van der Waals surface area contributed by atoms with Gasteiger partial charge in [-0.2, -0.15) is 0 Å². The van der Waals surface area contributed by atoms with Crippen LogP contribution in [0.3, 0.4) is 0 Å². The molecule has 1 saturated heterocycles. The highest BCUT2D eigenvalue weighted by Crippen LogP contribution is 2.20. The van der Waals surface area contributed by atoms with Crippen LogP contribution in [0.15, 0.2) is 24.5 Å².